The summed E-state index contributed by atoms with van der Waals surface area (Å²) in [4.78, 5) is 25.0. The van der Waals surface area contributed by atoms with Crippen molar-refractivity contribution in [1.29, 1.82) is 0 Å². The molecule has 1 aromatic rings. The molecule has 0 aromatic carbocycles. The van der Waals surface area contributed by atoms with Crippen molar-refractivity contribution in [3.05, 3.63) is 34.7 Å². The van der Waals surface area contributed by atoms with Crippen LogP contribution in [0.1, 0.15) is 6.42 Å². The van der Waals surface area contributed by atoms with Crippen molar-refractivity contribution >= 4 is 5.91 Å². The second-order valence-electron chi connectivity index (χ2n) is 4.08. The van der Waals surface area contributed by atoms with Gasteiger partial charge in [-0.2, -0.15) is 0 Å². The van der Waals surface area contributed by atoms with Gasteiger partial charge >= 0.3 is 0 Å². The molecule has 0 fully saturated rings. The number of nitrogens with zero attached hydrogens (tertiary/aromatic N) is 2. The average Bonchev–Trinajstić information content (AvgIpc) is 2.42. The van der Waals surface area contributed by atoms with Gasteiger partial charge in [-0.25, -0.2) is 0 Å². The summed E-state index contributed by atoms with van der Waals surface area (Å²) in [6, 6.07) is 4.88. The number of aromatic nitrogens is 1. The van der Waals surface area contributed by atoms with Gasteiger partial charge < -0.3 is 19.3 Å². The van der Waals surface area contributed by atoms with E-state index in [4.69, 9.17) is 9.84 Å². The molecule has 0 saturated carbocycles. The first-order chi connectivity index (χ1) is 9.19. The Morgan fingerprint density at radius 3 is 2.84 bits per heavy atom. The molecule has 6 nitrogen and oxygen atoms in total. The number of pyridine rings is 1. The van der Waals surface area contributed by atoms with Gasteiger partial charge in [0.05, 0.1) is 13.2 Å². The highest BCUT2D eigenvalue weighted by molar-refractivity contribution is 5.76. The number of ether oxygens (including phenoxy) is 1. The number of carbonyl (C=O) groups excluding carboxylic acids is 1. The summed E-state index contributed by atoms with van der Waals surface area (Å²) in [5, 5.41) is 8.92. The molecule has 0 atom stereocenters. The molecule has 1 aromatic heterocycles. The van der Waals surface area contributed by atoms with Crippen LogP contribution >= 0.6 is 0 Å². The predicted molar refractivity (Wildman–Crippen MR) is 70.9 cm³/mol. The van der Waals surface area contributed by atoms with Crippen LogP contribution in [0.4, 0.5) is 0 Å². The lowest BCUT2D eigenvalue weighted by Crippen LogP contribution is -2.37. The summed E-state index contributed by atoms with van der Waals surface area (Å²) in [6.07, 6.45) is 1.88. The quantitative estimate of drug-likeness (QED) is 0.703. The van der Waals surface area contributed by atoms with E-state index in [0.717, 1.165) is 0 Å². The van der Waals surface area contributed by atoms with Crippen LogP contribution < -0.4 is 5.56 Å². The van der Waals surface area contributed by atoms with Gasteiger partial charge in [0.15, 0.2) is 0 Å². The number of rotatable bonds is 8. The van der Waals surface area contributed by atoms with Gasteiger partial charge in [0.25, 0.3) is 5.56 Å². The Kier molecular flexibility index (Phi) is 6.84. The highest BCUT2D eigenvalue weighted by Gasteiger charge is 2.12. The molecular weight excluding hydrogens is 248 g/mol. The number of methoxy groups -OCH3 is 1. The standard InChI is InChI=1S/C13H20N2O4/c1-19-11-9-15(8-10-16)13(18)5-7-14-6-3-2-4-12(14)17/h2-4,6,16H,5,7-11H2,1H3. The Morgan fingerprint density at radius 2 is 2.21 bits per heavy atom. The number of hydrogen-bond donors (Lipinski definition) is 1. The summed E-state index contributed by atoms with van der Waals surface area (Å²) in [5.74, 6) is -0.0955. The van der Waals surface area contributed by atoms with Gasteiger partial charge in [0.1, 0.15) is 0 Å². The monoisotopic (exact) mass is 268 g/mol. The number of hydrogen-bond acceptors (Lipinski definition) is 4. The first kappa shape index (κ1) is 15.4. The van der Waals surface area contributed by atoms with Crippen LogP contribution in [0, 0.1) is 0 Å². The minimum absolute atomic E-state index is 0.0826. The third-order valence-electron chi connectivity index (χ3n) is 2.75. The predicted octanol–water partition coefficient (Wildman–Crippen LogP) is -0.294. The zero-order chi connectivity index (χ0) is 14.1. The van der Waals surface area contributed by atoms with Crippen molar-refractivity contribution in [2.75, 3.05) is 33.4 Å². The third kappa shape index (κ3) is 5.23. The zero-order valence-corrected chi connectivity index (χ0v) is 11.1. The van der Waals surface area contributed by atoms with Gasteiger partial charge in [-0.05, 0) is 6.07 Å². The maximum Gasteiger partial charge on any atom is 0.250 e. The molecule has 6 heteroatoms. The highest BCUT2D eigenvalue weighted by Crippen LogP contribution is 1.97. The van der Waals surface area contributed by atoms with E-state index in [0.29, 0.717) is 19.7 Å². The van der Waals surface area contributed by atoms with Gasteiger partial charge in [0, 0.05) is 45.4 Å². The first-order valence-corrected chi connectivity index (χ1v) is 6.22. The zero-order valence-electron chi connectivity index (χ0n) is 11.1. The molecule has 0 aliphatic rings. The Labute approximate surface area is 112 Å². The van der Waals surface area contributed by atoms with Crippen molar-refractivity contribution in [3.63, 3.8) is 0 Å². The molecule has 0 unspecified atom stereocenters. The number of amides is 1. The summed E-state index contributed by atoms with van der Waals surface area (Å²) in [5.41, 5.74) is -0.124. The second kappa shape index (κ2) is 8.44. The average molecular weight is 268 g/mol. The molecule has 0 saturated heterocycles. The fourth-order valence-corrected chi connectivity index (χ4v) is 1.70. The molecular formula is C13H20N2O4. The lowest BCUT2D eigenvalue weighted by atomic mass is 10.3. The largest absolute Gasteiger partial charge is 0.395 e. The summed E-state index contributed by atoms with van der Waals surface area (Å²) in [7, 11) is 1.56. The summed E-state index contributed by atoms with van der Waals surface area (Å²) >= 11 is 0. The number of aliphatic hydroxyl groups excluding tert-OH is 1. The highest BCUT2D eigenvalue weighted by atomic mass is 16.5. The normalized spacial score (nSPS) is 10.4. The van der Waals surface area contributed by atoms with Crippen LogP contribution in [-0.2, 0) is 16.1 Å². The number of aliphatic hydroxyl groups is 1. The van der Waals surface area contributed by atoms with Crippen LogP contribution in [0.2, 0.25) is 0 Å². The van der Waals surface area contributed by atoms with Crippen molar-refractivity contribution in [2.45, 2.75) is 13.0 Å². The van der Waals surface area contributed by atoms with E-state index in [1.165, 1.54) is 15.5 Å². The molecule has 0 aliphatic heterocycles. The Balaban J connectivity index is 2.52. The number of aryl methyl sites for hydroxylation is 1. The van der Waals surface area contributed by atoms with Crippen molar-refractivity contribution < 1.29 is 14.6 Å². The summed E-state index contributed by atoms with van der Waals surface area (Å²) in [6.45, 7) is 1.41. The molecule has 19 heavy (non-hydrogen) atoms. The molecule has 1 amide bonds. The second-order valence-corrected chi connectivity index (χ2v) is 4.08. The van der Waals surface area contributed by atoms with E-state index in [2.05, 4.69) is 0 Å². The lowest BCUT2D eigenvalue weighted by Gasteiger charge is -2.21. The van der Waals surface area contributed by atoms with Crippen LogP contribution in [0.3, 0.4) is 0 Å². The van der Waals surface area contributed by atoms with Gasteiger partial charge in [-0.3, -0.25) is 9.59 Å². The van der Waals surface area contributed by atoms with E-state index < -0.39 is 0 Å². The van der Waals surface area contributed by atoms with Gasteiger partial charge in [0.2, 0.25) is 5.91 Å². The summed E-state index contributed by atoms with van der Waals surface area (Å²) < 4.78 is 6.41. The van der Waals surface area contributed by atoms with Crippen LogP contribution in [0.15, 0.2) is 29.2 Å². The minimum atomic E-state index is -0.124. The molecule has 1 N–H and O–H groups in total. The van der Waals surface area contributed by atoms with E-state index >= 15 is 0 Å². The molecule has 0 radical (unpaired) electrons. The molecule has 106 valence electrons. The fraction of sp³-hybridized carbons (Fsp3) is 0.538. The molecule has 1 heterocycles. The van der Waals surface area contributed by atoms with E-state index in [1.807, 2.05) is 0 Å². The van der Waals surface area contributed by atoms with Crippen molar-refractivity contribution in [2.24, 2.45) is 0 Å². The minimum Gasteiger partial charge on any atom is -0.395 e. The van der Waals surface area contributed by atoms with Gasteiger partial charge in [-0.15, -0.1) is 0 Å². The Morgan fingerprint density at radius 1 is 1.42 bits per heavy atom. The fourth-order valence-electron chi connectivity index (χ4n) is 1.70. The SMILES string of the molecule is COCCN(CCO)C(=O)CCn1ccccc1=O. The Bertz CT molecular complexity index is 444. The first-order valence-electron chi connectivity index (χ1n) is 6.22. The van der Waals surface area contributed by atoms with E-state index in [1.54, 1.807) is 25.4 Å². The Hall–Kier alpha value is -1.66. The molecule has 0 spiro atoms. The van der Waals surface area contributed by atoms with Gasteiger partial charge in [-0.1, -0.05) is 6.07 Å². The number of carbonyl (C=O) groups is 1. The maximum absolute atomic E-state index is 12.0. The van der Waals surface area contributed by atoms with Crippen LogP contribution in [0.25, 0.3) is 0 Å². The maximum atomic E-state index is 12.0. The smallest absolute Gasteiger partial charge is 0.250 e. The molecule has 1 rings (SSSR count). The molecule has 0 aliphatic carbocycles. The van der Waals surface area contributed by atoms with Crippen LogP contribution in [0.5, 0.6) is 0 Å². The van der Waals surface area contributed by atoms with E-state index in [9.17, 15) is 9.59 Å². The van der Waals surface area contributed by atoms with Crippen molar-refractivity contribution in [1.82, 2.24) is 9.47 Å². The third-order valence-corrected chi connectivity index (χ3v) is 2.75. The van der Waals surface area contributed by atoms with E-state index in [-0.39, 0.29) is 31.0 Å². The lowest BCUT2D eigenvalue weighted by molar-refractivity contribution is -0.132. The molecule has 0 bridgehead atoms. The topological polar surface area (TPSA) is 71.8 Å². The van der Waals surface area contributed by atoms with Crippen LogP contribution in [-0.4, -0.2) is 53.9 Å². The van der Waals surface area contributed by atoms with Crippen molar-refractivity contribution in [3.8, 4) is 0 Å².